The second kappa shape index (κ2) is 11.4. The Morgan fingerprint density at radius 3 is 2.58 bits per heavy atom. The van der Waals surface area contributed by atoms with Crippen LogP contribution in [-0.2, 0) is 8.67 Å². The van der Waals surface area contributed by atoms with Gasteiger partial charge in [-0.05, 0) is 18.6 Å². The minimum atomic E-state index is -3.27. The van der Waals surface area contributed by atoms with Crippen molar-refractivity contribution in [2.24, 2.45) is 5.92 Å². The molecule has 2 aromatic heterocycles. The van der Waals surface area contributed by atoms with Crippen molar-refractivity contribution in [2.45, 2.75) is 23.7 Å². The molecule has 3 rings (SSSR count). The third-order valence-electron chi connectivity index (χ3n) is 4.51. The zero-order chi connectivity index (χ0) is 23.8. The Kier molecular flexibility index (Phi) is 8.61. The summed E-state index contributed by atoms with van der Waals surface area (Å²) in [6, 6.07) is 7.59. The van der Waals surface area contributed by atoms with Gasteiger partial charge in [-0.3, -0.25) is 9.59 Å². The van der Waals surface area contributed by atoms with Gasteiger partial charge in [0.2, 0.25) is 17.4 Å². The van der Waals surface area contributed by atoms with Crippen molar-refractivity contribution < 1.29 is 32.2 Å². The van der Waals surface area contributed by atoms with Crippen molar-refractivity contribution >= 4 is 34.3 Å². The standard InChI is InChI=1S/C21H21F2IN4O5/c1-2-9-31-12-13(10-16(29)17-7-8-26-32-17)11-25-19(30)15-5-3-14(4-6-15)18-27-20(33-28-18)21(22,23)24/h3-8,13H,2,9-12H2,1H3,(H,25,30)/t13-/m0/s1. The summed E-state index contributed by atoms with van der Waals surface area (Å²) in [5, 5.41) is 9.87. The summed E-state index contributed by atoms with van der Waals surface area (Å²) in [6.45, 7) is 3.03. The fourth-order valence-corrected chi connectivity index (χ4v) is 3.09. The van der Waals surface area contributed by atoms with Gasteiger partial charge in [0.25, 0.3) is 5.91 Å². The number of hydrogen-bond donors (Lipinski definition) is 1. The third kappa shape index (κ3) is 7.12. The highest BCUT2D eigenvalue weighted by Crippen LogP contribution is 2.34. The van der Waals surface area contributed by atoms with Crippen LogP contribution in [0.4, 0.5) is 8.78 Å². The maximum Gasteiger partial charge on any atom is 0.373 e. The highest BCUT2D eigenvalue weighted by Gasteiger charge is 2.34. The summed E-state index contributed by atoms with van der Waals surface area (Å²) in [7, 11) is 0. The van der Waals surface area contributed by atoms with Crippen LogP contribution in [0.1, 0.15) is 46.6 Å². The second-order valence-corrected chi connectivity index (χ2v) is 8.51. The number of halogens is 3. The fourth-order valence-electron chi connectivity index (χ4n) is 2.87. The fraction of sp³-hybridized carbons (Fsp3) is 0.381. The molecular weight excluding hydrogens is 553 g/mol. The molecule has 1 amide bonds. The molecule has 9 nitrogen and oxygen atoms in total. The molecule has 0 bridgehead atoms. The molecule has 0 radical (unpaired) electrons. The average Bonchev–Trinajstić information content (AvgIpc) is 3.50. The first-order valence-corrected chi connectivity index (χ1v) is 11.2. The van der Waals surface area contributed by atoms with Gasteiger partial charge < -0.3 is 19.1 Å². The molecule has 0 unspecified atom stereocenters. The van der Waals surface area contributed by atoms with Gasteiger partial charge >= 0.3 is 9.82 Å². The molecule has 0 fully saturated rings. The zero-order valence-corrected chi connectivity index (χ0v) is 19.8. The molecule has 3 aromatic rings. The first-order valence-electron chi connectivity index (χ1n) is 10.1. The minimum absolute atomic E-state index is 0.00707. The maximum atomic E-state index is 13.3. The molecule has 33 heavy (non-hydrogen) atoms. The Bertz CT molecular complexity index is 1050. The number of alkyl halides is 3. The van der Waals surface area contributed by atoms with Crippen LogP contribution < -0.4 is 5.32 Å². The van der Waals surface area contributed by atoms with Gasteiger partial charge in [-0.1, -0.05) is 29.4 Å². The van der Waals surface area contributed by atoms with Crippen LogP contribution in [0.2, 0.25) is 0 Å². The van der Waals surface area contributed by atoms with Crippen molar-refractivity contribution in [3.05, 3.63) is 53.7 Å². The first-order chi connectivity index (χ1) is 15.8. The van der Waals surface area contributed by atoms with Gasteiger partial charge in [0, 0.05) is 65.3 Å². The number of nitrogens with one attached hydrogen (secondary N) is 1. The number of ether oxygens (including phenoxy) is 1. The molecule has 12 heteroatoms. The van der Waals surface area contributed by atoms with Crippen molar-refractivity contribution in [1.82, 2.24) is 20.6 Å². The molecule has 1 N–H and O–H groups in total. The largest absolute Gasteiger partial charge is 0.381 e. The maximum absolute atomic E-state index is 13.3. The number of Topliss-reactive ketones (excluding diaryl/α,β-unsaturated/α-hetero) is 1. The third-order valence-corrected chi connectivity index (χ3v) is 4.98. The quantitative estimate of drug-likeness (QED) is 0.148. The molecule has 0 saturated carbocycles. The van der Waals surface area contributed by atoms with E-state index in [1.165, 1.54) is 36.5 Å². The van der Waals surface area contributed by atoms with Crippen LogP contribution in [0.25, 0.3) is 11.4 Å². The van der Waals surface area contributed by atoms with E-state index in [0.717, 1.165) is 29.0 Å². The number of hydrogen-bond acceptors (Lipinski definition) is 8. The van der Waals surface area contributed by atoms with Crippen molar-refractivity contribution in [3.8, 4) is 11.4 Å². The van der Waals surface area contributed by atoms with E-state index in [-0.39, 0.29) is 42.2 Å². The Hall–Kier alpha value is -2.74. The van der Waals surface area contributed by atoms with Gasteiger partial charge in [-0.25, -0.2) is 0 Å². The summed E-state index contributed by atoms with van der Waals surface area (Å²) in [4.78, 5) is 28.6. The van der Waals surface area contributed by atoms with E-state index in [9.17, 15) is 18.4 Å². The summed E-state index contributed by atoms with van der Waals surface area (Å²) in [5.41, 5.74) is 0.766. The molecule has 0 aliphatic carbocycles. The number of aromatic nitrogens is 3. The van der Waals surface area contributed by atoms with Crippen molar-refractivity contribution in [2.75, 3.05) is 19.8 Å². The van der Waals surface area contributed by atoms with Crippen LogP contribution >= 0.6 is 22.6 Å². The van der Waals surface area contributed by atoms with Crippen LogP contribution in [0.5, 0.6) is 0 Å². The molecule has 2 heterocycles. The van der Waals surface area contributed by atoms with Crippen LogP contribution in [0.3, 0.4) is 0 Å². The number of ketones is 1. The van der Waals surface area contributed by atoms with E-state index in [2.05, 4.69) is 25.1 Å². The lowest BCUT2D eigenvalue weighted by atomic mass is 10.0. The topological polar surface area (TPSA) is 120 Å². The van der Waals surface area contributed by atoms with Crippen LogP contribution in [-0.4, -0.2) is 46.7 Å². The second-order valence-electron chi connectivity index (χ2n) is 7.15. The SMILES string of the molecule is CCCOC[C@H](CNC(=O)c1ccc(-c2noc(C(F)(F)I)n2)cc1)CC(=O)c1ccno1. The van der Waals surface area contributed by atoms with E-state index in [0.29, 0.717) is 24.3 Å². The number of carbonyl (C=O) groups excluding carboxylic acids is 2. The Morgan fingerprint density at radius 2 is 1.97 bits per heavy atom. The lowest BCUT2D eigenvalue weighted by Crippen LogP contribution is -2.32. The minimum Gasteiger partial charge on any atom is -0.381 e. The molecular formula is C21H21F2IN4O5. The van der Waals surface area contributed by atoms with Crippen molar-refractivity contribution in [1.29, 1.82) is 0 Å². The van der Waals surface area contributed by atoms with Crippen molar-refractivity contribution in [3.63, 3.8) is 0 Å². The van der Waals surface area contributed by atoms with Gasteiger partial charge in [-0.2, -0.15) is 13.8 Å². The van der Waals surface area contributed by atoms with Gasteiger partial charge in [0.05, 0.1) is 12.8 Å². The Labute approximate surface area is 201 Å². The molecule has 176 valence electrons. The van der Waals surface area contributed by atoms with E-state index in [4.69, 9.17) is 9.26 Å². The normalized spacial score (nSPS) is 12.5. The van der Waals surface area contributed by atoms with E-state index in [1.54, 1.807) is 0 Å². The van der Waals surface area contributed by atoms with Gasteiger partial charge in [-0.15, -0.1) is 0 Å². The summed E-state index contributed by atoms with van der Waals surface area (Å²) in [6.07, 6.45) is 2.35. The molecule has 0 spiro atoms. The van der Waals surface area contributed by atoms with E-state index >= 15 is 0 Å². The van der Waals surface area contributed by atoms with Crippen LogP contribution in [0.15, 0.2) is 45.6 Å². The summed E-state index contributed by atoms with van der Waals surface area (Å²) < 4.78 is 38.3. The summed E-state index contributed by atoms with van der Waals surface area (Å²) >= 11 is 0.903. The number of nitrogens with zero attached hydrogens (tertiary/aromatic N) is 3. The lowest BCUT2D eigenvalue weighted by molar-refractivity contribution is 0.0752. The molecule has 0 saturated heterocycles. The molecule has 1 atom stereocenters. The van der Waals surface area contributed by atoms with Crippen LogP contribution in [0, 0.1) is 5.92 Å². The monoisotopic (exact) mass is 574 g/mol. The molecule has 0 aliphatic rings. The number of benzene rings is 1. The predicted octanol–water partition coefficient (Wildman–Crippen LogP) is 4.25. The molecule has 0 aliphatic heterocycles. The predicted molar refractivity (Wildman–Crippen MR) is 120 cm³/mol. The lowest BCUT2D eigenvalue weighted by Gasteiger charge is -2.17. The van der Waals surface area contributed by atoms with Gasteiger partial charge in [0.1, 0.15) is 0 Å². The zero-order valence-electron chi connectivity index (χ0n) is 17.6. The number of carbonyl (C=O) groups is 2. The highest BCUT2D eigenvalue weighted by molar-refractivity contribution is 14.1. The Morgan fingerprint density at radius 1 is 1.21 bits per heavy atom. The average molecular weight is 574 g/mol. The van der Waals surface area contributed by atoms with E-state index < -0.39 is 9.82 Å². The summed E-state index contributed by atoms with van der Waals surface area (Å²) in [5.74, 6) is -1.49. The Balaban J connectivity index is 1.59. The number of rotatable bonds is 12. The van der Waals surface area contributed by atoms with Gasteiger partial charge in [0.15, 0.2) is 0 Å². The molecule has 1 aromatic carbocycles. The smallest absolute Gasteiger partial charge is 0.373 e. The first kappa shape index (κ1) is 24.9. The number of amides is 1. The highest BCUT2D eigenvalue weighted by atomic mass is 127. The van der Waals surface area contributed by atoms with E-state index in [1.807, 2.05) is 6.92 Å².